The number of nitrogens with one attached hydrogen (secondary N) is 2. The van der Waals surface area contributed by atoms with Gasteiger partial charge in [0, 0.05) is 43.5 Å². The van der Waals surface area contributed by atoms with Crippen molar-refractivity contribution in [2.24, 2.45) is 0 Å². The van der Waals surface area contributed by atoms with Gasteiger partial charge in [-0.1, -0.05) is 18.2 Å². The number of hydrogen-bond donors (Lipinski definition) is 2. The summed E-state index contributed by atoms with van der Waals surface area (Å²) in [6.07, 6.45) is 0. The number of aromatic amines is 2. The minimum Gasteiger partial charge on any atom is -0.361 e. The van der Waals surface area contributed by atoms with E-state index in [1.165, 1.54) is 15.0 Å². The lowest BCUT2D eigenvalue weighted by molar-refractivity contribution is 0.100. The summed E-state index contributed by atoms with van der Waals surface area (Å²) >= 11 is 1.75. The molecular formula is C25H26N2O2S. The number of aryl methyl sites for hydroxylation is 2. The molecule has 0 radical (unpaired) electrons. The number of rotatable bonds is 5. The van der Waals surface area contributed by atoms with E-state index in [9.17, 15) is 9.59 Å². The van der Waals surface area contributed by atoms with E-state index in [2.05, 4.69) is 28.2 Å². The number of carbonyl (C=O) groups is 2. The van der Waals surface area contributed by atoms with Crippen LogP contribution in [0.1, 0.15) is 79.3 Å². The summed E-state index contributed by atoms with van der Waals surface area (Å²) in [4.78, 5) is 32.7. The van der Waals surface area contributed by atoms with Gasteiger partial charge in [0.15, 0.2) is 11.6 Å². The number of fused-ring (bicyclic) bond motifs is 1. The number of carbonyl (C=O) groups excluding carboxylic acids is 2. The van der Waals surface area contributed by atoms with Crippen LogP contribution < -0.4 is 0 Å². The minimum atomic E-state index is -0.110. The largest absolute Gasteiger partial charge is 0.361 e. The van der Waals surface area contributed by atoms with Crippen LogP contribution in [-0.4, -0.2) is 21.5 Å². The molecule has 0 aliphatic heterocycles. The Kier molecular flexibility index (Phi) is 5.02. The van der Waals surface area contributed by atoms with Crippen LogP contribution in [0.4, 0.5) is 0 Å². The molecule has 4 aromatic rings. The third kappa shape index (κ3) is 3.14. The average molecular weight is 419 g/mol. The zero-order valence-corrected chi connectivity index (χ0v) is 19.0. The standard InChI is InChI=1S/C25H26N2O2S/c1-12-21(16(5)28)14(3)26-24(12)23(20-11-18-9-7-8-10-19(18)30-20)25-13(2)22(17(6)29)15(4)27-25/h7-11,23,26-27H,1-6H3. The van der Waals surface area contributed by atoms with E-state index in [0.717, 1.165) is 45.0 Å². The first-order valence-electron chi connectivity index (χ1n) is 10.1. The SMILES string of the molecule is CC(=O)c1c(C)[nH]c(C(c2cc3ccccc3s2)c2[nH]c(C)c(C(C)=O)c2C)c1C. The van der Waals surface area contributed by atoms with Crippen molar-refractivity contribution in [1.29, 1.82) is 0 Å². The summed E-state index contributed by atoms with van der Waals surface area (Å²) in [5, 5.41) is 1.20. The van der Waals surface area contributed by atoms with E-state index < -0.39 is 0 Å². The summed E-state index contributed by atoms with van der Waals surface area (Å²) in [7, 11) is 0. The van der Waals surface area contributed by atoms with Gasteiger partial charge < -0.3 is 9.97 Å². The number of hydrogen-bond acceptors (Lipinski definition) is 3. The second-order valence-corrected chi connectivity index (χ2v) is 9.17. The molecule has 0 spiro atoms. The fourth-order valence-electron chi connectivity index (χ4n) is 4.76. The number of aromatic nitrogens is 2. The van der Waals surface area contributed by atoms with Crippen molar-refractivity contribution in [1.82, 2.24) is 9.97 Å². The van der Waals surface area contributed by atoms with Crippen LogP contribution in [0.25, 0.3) is 10.1 Å². The summed E-state index contributed by atoms with van der Waals surface area (Å²) in [6, 6.07) is 10.6. The fraction of sp³-hybridized carbons (Fsp3) is 0.280. The highest BCUT2D eigenvalue weighted by atomic mass is 32.1. The van der Waals surface area contributed by atoms with E-state index in [1.807, 2.05) is 39.8 Å². The Hall–Kier alpha value is -2.92. The molecule has 0 atom stereocenters. The molecule has 0 aliphatic carbocycles. The van der Waals surface area contributed by atoms with Crippen molar-refractivity contribution in [2.45, 2.75) is 47.5 Å². The fourth-order valence-corrected chi connectivity index (χ4v) is 5.94. The summed E-state index contributed by atoms with van der Waals surface area (Å²) in [5.41, 5.74) is 7.22. The molecule has 154 valence electrons. The normalized spacial score (nSPS) is 11.6. The lowest BCUT2D eigenvalue weighted by Crippen LogP contribution is -2.07. The van der Waals surface area contributed by atoms with Gasteiger partial charge in [-0.05, 0) is 70.2 Å². The lowest BCUT2D eigenvalue weighted by atomic mass is 9.91. The predicted octanol–water partition coefficient (Wildman–Crippen LogP) is 6.38. The van der Waals surface area contributed by atoms with E-state index in [-0.39, 0.29) is 17.5 Å². The van der Waals surface area contributed by atoms with E-state index >= 15 is 0 Å². The minimum absolute atomic E-state index is 0.0615. The zero-order valence-electron chi connectivity index (χ0n) is 18.2. The number of benzene rings is 1. The van der Waals surface area contributed by atoms with Crippen molar-refractivity contribution >= 4 is 33.0 Å². The van der Waals surface area contributed by atoms with Crippen LogP contribution in [-0.2, 0) is 0 Å². The molecule has 0 saturated heterocycles. The molecule has 1 aromatic carbocycles. The molecule has 3 heterocycles. The molecule has 0 aliphatic rings. The highest BCUT2D eigenvalue weighted by Gasteiger charge is 2.30. The maximum atomic E-state index is 12.3. The zero-order chi connectivity index (χ0) is 21.7. The van der Waals surface area contributed by atoms with Gasteiger partial charge >= 0.3 is 0 Å². The van der Waals surface area contributed by atoms with Gasteiger partial charge in [-0.25, -0.2) is 0 Å². The van der Waals surface area contributed by atoms with Gasteiger partial charge in [-0.3, -0.25) is 9.59 Å². The van der Waals surface area contributed by atoms with Crippen molar-refractivity contribution in [3.63, 3.8) is 0 Å². The van der Waals surface area contributed by atoms with Crippen LogP contribution in [0.3, 0.4) is 0 Å². The Bertz CT molecular complexity index is 1210. The molecular weight excluding hydrogens is 392 g/mol. The van der Waals surface area contributed by atoms with Crippen molar-refractivity contribution in [3.8, 4) is 0 Å². The van der Waals surface area contributed by atoms with Crippen molar-refractivity contribution < 1.29 is 9.59 Å². The van der Waals surface area contributed by atoms with Crippen molar-refractivity contribution in [3.05, 3.63) is 80.2 Å². The Morgan fingerprint density at radius 2 is 1.33 bits per heavy atom. The quantitative estimate of drug-likeness (QED) is 0.370. The number of Topliss-reactive ketones (excluding diaryl/α,β-unsaturated/α-hetero) is 2. The van der Waals surface area contributed by atoms with Crippen LogP contribution in [0, 0.1) is 27.7 Å². The molecule has 0 bridgehead atoms. The second kappa shape index (κ2) is 7.40. The molecule has 0 amide bonds. The van der Waals surface area contributed by atoms with Crippen LogP contribution in [0.15, 0.2) is 30.3 Å². The molecule has 4 nitrogen and oxygen atoms in total. The second-order valence-electron chi connectivity index (χ2n) is 8.06. The lowest BCUT2D eigenvalue weighted by Gasteiger charge is -2.16. The predicted molar refractivity (Wildman–Crippen MR) is 123 cm³/mol. The summed E-state index contributed by atoms with van der Waals surface area (Å²) in [5.74, 6) is 0.0128. The van der Waals surface area contributed by atoms with Gasteiger partial charge in [-0.2, -0.15) is 0 Å². The highest BCUT2D eigenvalue weighted by molar-refractivity contribution is 7.19. The third-order valence-electron chi connectivity index (χ3n) is 5.96. The third-order valence-corrected chi connectivity index (χ3v) is 7.14. The van der Waals surface area contributed by atoms with E-state index in [4.69, 9.17) is 0 Å². The smallest absolute Gasteiger partial charge is 0.161 e. The maximum Gasteiger partial charge on any atom is 0.161 e. The number of thiophene rings is 1. The first kappa shape index (κ1) is 20.4. The van der Waals surface area contributed by atoms with Crippen LogP contribution >= 0.6 is 11.3 Å². The molecule has 2 N–H and O–H groups in total. The summed E-state index contributed by atoms with van der Waals surface area (Å²) in [6.45, 7) is 11.1. The molecule has 0 unspecified atom stereocenters. The molecule has 3 aromatic heterocycles. The van der Waals surface area contributed by atoms with Gasteiger partial charge in [0.25, 0.3) is 0 Å². The van der Waals surface area contributed by atoms with Gasteiger partial charge in [-0.15, -0.1) is 11.3 Å². The van der Waals surface area contributed by atoms with Gasteiger partial charge in [0.2, 0.25) is 0 Å². The first-order valence-corrected chi connectivity index (χ1v) is 10.9. The molecule has 4 rings (SSSR count). The van der Waals surface area contributed by atoms with Crippen molar-refractivity contribution in [2.75, 3.05) is 0 Å². The van der Waals surface area contributed by atoms with Crippen LogP contribution in [0.5, 0.6) is 0 Å². The Morgan fingerprint density at radius 1 is 0.833 bits per heavy atom. The Labute approximate surface area is 180 Å². The monoisotopic (exact) mass is 418 g/mol. The maximum absolute atomic E-state index is 12.3. The first-order chi connectivity index (χ1) is 14.2. The highest BCUT2D eigenvalue weighted by Crippen LogP contribution is 2.42. The topological polar surface area (TPSA) is 65.7 Å². The van der Waals surface area contributed by atoms with E-state index in [0.29, 0.717) is 0 Å². The Balaban J connectivity index is 2.02. The molecule has 0 saturated carbocycles. The average Bonchev–Trinajstić information content (AvgIpc) is 3.30. The van der Waals surface area contributed by atoms with Gasteiger partial charge in [0.05, 0.1) is 5.92 Å². The number of H-pyrrole nitrogens is 2. The van der Waals surface area contributed by atoms with E-state index in [1.54, 1.807) is 25.2 Å². The Morgan fingerprint density at radius 3 is 1.77 bits per heavy atom. The van der Waals surface area contributed by atoms with Crippen LogP contribution in [0.2, 0.25) is 0 Å². The summed E-state index contributed by atoms with van der Waals surface area (Å²) < 4.78 is 1.22. The van der Waals surface area contributed by atoms with Gasteiger partial charge in [0.1, 0.15) is 0 Å². The molecule has 30 heavy (non-hydrogen) atoms. The molecule has 0 fully saturated rings. The molecule has 5 heteroatoms. The number of ketones is 2.